The van der Waals surface area contributed by atoms with Crippen molar-refractivity contribution in [1.29, 1.82) is 0 Å². The molecule has 9 heteroatoms. The van der Waals surface area contributed by atoms with Gasteiger partial charge in [0.25, 0.3) is 10.1 Å². The second-order valence-corrected chi connectivity index (χ2v) is 9.05. The molecule has 1 aliphatic rings. The second kappa shape index (κ2) is 11.2. The van der Waals surface area contributed by atoms with Gasteiger partial charge in [0.2, 0.25) is 0 Å². The van der Waals surface area contributed by atoms with Gasteiger partial charge in [0.1, 0.15) is 6.10 Å². The highest BCUT2D eigenvalue weighted by atomic mass is 32.2. The van der Waals surface area contributed by atoms with Crippen LogP contribution in [0.4, 0.5) is 0 Å². The number of carbonyl (C=O) groups excluding carboxylic acids is 2. The third kappa shape index (κ3) is 7.24. The zero-order chi connectivity index (χ0) is 23.8. The molecular weight excluding hydrogens is 448 g/mol. The number of esters is 2. The summed E-state index contributed by atoms with van der Waals surface area (Å²) in [6.45, 7) is 1.97. The van der Waals surface area contributed by atoms with Crippen molar-refractivity contribution in [3.05, 3.63) is 83.4 Å². The third-order valence-electron chi connectivity index (χ3n) is 4.86. The van der Waals surface area contributed by atoms with Gasteiger partial charge < -0.3 is 14.2 Å². The Hall–Kier alpha value is -3.01. The smallest absolute Gasteiger partial charge is 0.338 e. The van der Waals surface area contributed by atoms with Crippen molar-refractivity contribution in [3.63, 3.8) is 0 Å². The Morgan fingerprint density at radius 2 is 1.61 bits per heavy atom. The van der Waals surface area contributed by atoms with Crippen LogP contribution in [-0.2, 0) is 39.9 Å². The summed E-state index contributed by atoms with van der Waals surface area (Å²) in [5.41, 5.74) is 1.34. The summed E-state index contributed by atoms with van der Waals surface area (Å²) in [4.78, 5) is 25.2. The topological polar surface area (TPSA) is 105 Å². The van der Waals surface area contributed by atoms with Gasteiger partial charge in [-0.25, -0.2) is 9.59 Å². The van der Waals surface area contributed by atoms with E-state index < -0.39 is 40.4 Å². The van der Waals surface area contributed by atoms with E-state index >= 15 is 0 Å². The average Bonchev–Trinajstić information content (AvgIpc) is 2.79. The fourth-order valence-electron chi connectivity index (χ4n) is 3.40. The van der Waals surface area contributed by atoms with Crippen LogP contribution in [0, 0.1) is 0 Å². The first-order valence-electron chi connectivity index (χ1n) is 10.4. The largest absolute Gasteiger partial charge is 0.463 e. The lowest BCUT2D eigenvalue weighted by Crippen LogP contribution is -2.47. The fraction of sp³-hybridized carbons (Fsp3) is 0.333. The number of carbonyl (C=O) groups is 2. The maximum Gasteiger partial charge on any atom is 0.338 e. The van der Waals surface area contributed by atoms with E-state index in [2.05, 4.69) is 0 Å². The summed E-state index contributed by atoms with van der Waals surface area (Å²) in [6, 6.07) is 17.5. The highest BCUT2D eigenvalue weighted by molar-refractivity contribution is 7.86. The molecule has 0 radical (unpaired) electrons. The molecule has 33 heavy (non-hydrogen) atoms. The molecule has 0 saturated carbocycles. The second-order valence-electron chi connectivity index (χ2n) is 7.45. The molecule has 0 fully saturated rings. The van der Waals surface area contributed by atoms with Gasteiger partial charge in [0.15, 0.2) is 6.10 Å². The quantitative estimate of drug-likeness (QED) is 0.403. The van der Waals surface area contributed by atoms with E-state index in [1.54, 1.807) is 37.3 Å². The Bertz CT molecular complexity index is 1080. The zero-order valence-electron chi connectivity index (χ0n) is 18.4. The first-order valence-corrected chi connectivity index (χ1v) is 12.3. The van der Waals surface area contributed by atoms with E-state index in [0.29, 0.717) is 0 Å². The summed E-state index contributed by atoms with van der Waals surface area (Å²) in [7, 11) is -3.94. The molecule has 3 rings (SSSR count). The van der Waals surface area contributed by atoms with Gasteiger partial charge >= 0.3 is 11.9 Å². The maximum absolute atomic E-state index is 12.7. The number of ether oxygens (including phenoxy) is 3. The molecule has 0 unspecified atom stereocenters. The first-order chi connectivity index (χ1) is 15.8. The van der Waals surface area contributed by atoms with Crippen LogP contribution in [-0.4, -0.2) is 51.5 Å². The minimum atomic E-state index is -3.94. The van der Waals surface area contributed by atoms with Crippen molar-refractivity contribution in [2.75, 3.05) is 12.9 Å². The molecule has 0 aliphatic heterocycles. The molecule has 0 spiro atoms. The van der Waals surface area contributed by atoms with E-state index in [4.69, 9.17) is 18.4 Å². The van der Waals surface area contributed by atoms with Gasteiger partial charge in [0, 0.05) is 12.0 Å². The Balaban J connectivity index is 1.91. The van der Waals surface area contributed by atoms with Gasteiger partial charge in [-0.1, -0.05) is 48.5 Å². The fourth-order valence-corrected chi connectivity index (χ4v) is 4.03. The van der Waals surface area contributed by atoms with Crippen LogP contribution in [0.3, 0.4) is 0 Å². The minimum Gasteiger partial charge on any atom is -0.463 e. The standard InChI is InChI=1S/C24H26O8S/c1-3-29-23(25)19-14-20(30-16-17-10-6-4-7-11-17)22(32-33(2,27)28)21(15-19)31-24(26)18-12-8-5-9-13-18/h4-13,15,20-22H,3,14,16H2,1-2H3/t20-,21+,22+/m1/s1. The Labute approximate surface area is 193 Å². The average molecular weight is 475 g/mol. The van der Waals surface area contributed by atoms with Crippen LogP contribution in [0.5, 0.6) is 0 Å². The lowest BCUT2D eigenvalue weighted by atomic mass is 9.91. The van der Waals surface area contributed by atoms with Crippen LogP contribution in [0.1, 0.15) is 29.3 Å². The van der Waals surface area contributed by atoms with Crippen molar-refractivity contribution in [2.45, 2.75) is 38.3 Å². The van der Waals surface area contributed by atoms with Crippen LogP contribution < -0.4 is 0 Å². The van der Waals surface area contributed by atoms with Crippen LogP contribution in [0.25, 0.3) is 0 Å². The van der Waals surface area contributed by atoms with E-state index in [1.165, 1.54) is 6.08 Å². The predicted molar refractivity (Wildman–Crippen MR) is 120 cm³/mol. The van der Waals surface area contributed by atoms with E-state index in [0.717, 1.165) is 11.8 Å². The number of rotatable bonds is 9. The first kappa shape index (κ1) is 24.6. The lowest BCUT2D eigenvalue weighted by molar-refractivity contribution is -0.140. The minimum absolute atomic E-state index is 0.0330. The van der Waals surface area contributed by atoms with Gasteiger partial charge in [0.05, 0.1) is 31.1 Å². The van der Waals surface area contributed by atoms with Crippen molar-refractivity contribution in [2.24, 2.45) is 0 Å². The SMILES string of the molecule is CCOC(=O)C1=C[C@H](OC(=O)c2ccccc2)[C@@H](OS(C)(=O)=O)[C@H](OCc2ccccc2)C1. The summed E-state index contributed by atoms with van der Waals surface area (Å²) >= 11 is 0. The monoisotopic (exact) mass is 474 g/mol. The molecule has 0 bridgehead atoms. The van der Waals surface area contributed by atoms with E-state index in [9.17, 15) is 18.0 Å². The molecule has 0 N–H and O–H groups in total. The lowest BCUT2D eigenvalue weighted by Gasteiger charge is -2.35. The summed E-state index contributed by atoms with van der Waals surface area (Å²) in [5.74, 6) is -1.28. The van der Waals surface area contributed by atoms with Crippen LogP contribution in [0.2, 0.25) is 0 Å². The molecule has 1 aliphatic carbocycles. The van der Waals surface area contributed by atoms with Crippen molar-refractivity contribution < 1.29 is 36.4 Å². The molecule has 3 atom stereocenters. The summed E-state index contributed by atoms with van der Waals surface area (Å²) in [6.07, 6.45) is -0.960. The molecule has 2 aromatic carbocycles. The molecule has 8 nitrogen and oxygen atoms in total. The molecule has 176 valence electrons. The van der Waals surface area contributed by atoms with Gasteiger partial charge in [-0.05, 0) is 30.7 Å². The number of hydrogen-bond donors (Lipinski definition) is 0. The van der Waals surface area contributed by atoms with E-state index in [1.807, 2.05) is 30.3 Å². The zero-order valence-corrected chi connectivity index (χ0v) is 19.2. The molecule has 0 amide bonds. The number of hydrogen-bond acceptors (Lipinski definition) is 8. The summed E-state index contributed by atoms with van der Waals surface area (Å²) in [5, 5.41) is 0. The van der Waals surface area contributed by atoms with Gasteiger partial charge in [-0.3, -0.25) is 4.18 Å². The predicted octanol–water partition coefficient (Wildman–Crippen LogP) is 3.04. The number of benzene rings is 2. The van der Waals surface area contributed by atoms with Crippen LogP contribution in [0.15, 0.2) is 72.3 Å². The van der Waals surface area contributed by atoms with Gasteiger partial charge in [-0.15, -0.1) is 0 Å². The Kier molecular flexibility index (Phi) is 8.37. The molecule has 2 aromatic rings. The highest BCUT2D eigenvalue weighted by Gasteiger charge is 2.41. The Morgan fingerprint density at radius 1 is 0.970 bits per heavy atom. The summed E-state index contributed by atoms with van der Waals surface area (Å²) < 4.78 is 46.0. The molecule has 0 heterocycles. The Morgan fingerprint density at radius 3 is 2.21 bits per heavy atom. The third-order valence-corrected chi connectivity index (χ3v) is 5.43. The maximum atomic E-state index is 12.7. The van der Waals surface area contributed by atoms with E-state index in [-0.39, 0.29) is 30.8 Å². The highest BCUT2D eigenvalue weighted by Crippen LogP contribution is 2.29. The molecular formula is C24H26O8S. The van der Waals surface area contributed by atoms with Crippen molar-refractivity contribution >= 4 is 22.1 Å². The van der Waals surface area contributed by atoms with Gasteiger partial charge in [-0.2, -0.15) is 8.42 Å². The molecule has 0 saturated heterocycles. The van der Waals surface area contributed by atoms with Crippen molar-refractivity contribution in [3.8, 4) is 0 Å². The normalized spacial score (nSPS) is 20.5. The molecule has 0 aromatic heterocycles. The van der Waals surface area contributed by atoms with Crippen LogP contribution >= 0.6 is 0 Å². The van der Waals surface area contributed by atoms with Crippen molar-refractivity contribution in [1.82, 2.24) is 0 Å².